The zero-order valence-electron chi connectivity index (χ0n) is 9.20. The van der Waals surface area contributed by atoms with Crippen LogP contribution in [0, 0.1) is 5.92 Å². The van der Waals surface area contributed by atoms with Crippen LogP contribution in [-0.2, 0) is 4.79 Å². The van der Waals surface area contributed by atoms with E-state index in [4.69, 9.17) is 4.74 Å². The fraction of sp³-hybridized carbons (Fsp3) is 0.667. The minimum Gasteiger partial charge on any atom is -0.463 e. The number of rotatable bonds is 5. The van der Waals surface area contributed by atoms with E-state index in [1.54, 1.807) is 0 Å². The number of amides is 1. The van der Waals surface area contributed by atoms with Crippen LogP contribution in [0.4, 0.5) is 5.95 Å². The molecule has 1 heterocycles. The van der Waals surface area contributed by atoms with Crippen molar-refractivity contribution >= 4 is 11.9 Å². The van der Waals surface area contributed by atoms with E-state index in [2.05, 4.69) is 20.5 Å². The Morgan fingerprint density at radius 2 is 2.33 bits per heavy atom. The SMILES string of the molecule is CCOc1n[nH]c(NC(=O)C(C)CC)n1. The first-order chi connectivity index (χ1) is 7.17. The quantitative estimate of drug-likeness (QED) is 0.768. The Morgan fingerprint density at radius 1 is 1.60 bits per heavy atom. The van der Waals surface area contributed by atoms with E-state index in [0.29, 0.717) is 12.6 Å². The van der Waals surface area contributed by atoms with Gasteiger partial charge in [0.25, 0.3) is 0 Å². The second-order valence-electron chi connectivity index (χ2n) is 3.20. The molecule has 1 rings (SSSR count). The van der Waals surface area contributed by atoms with Crippen molar-refractivity contribution in [2.75, 3.05) is 11.9 Å². The molecule has 0 spiro atoms. The lowest BCUT2D eigenvalue weighted by molar-refractivity contribution is -0.119. The van der Waals surface area contributed by atoms with Crippen molar-refractivity contribution < 1.29 is 9.53 Å². The molecule has 6 nitrogen and oxygen atoms in total. The van der Waals surface area contributed by atoms with E-state index in [1.807, 2.05) is 20.8 Å². The average Bonchev–Trinajstić information content (AvgIpc) is 2.65. The third kappa shape index (κ3) is 3.23. The summed E-state index contributed by atoms with van der Waals surface area (Å²) in [6.45, 7) is 6.15. The zero-order chi connectivity index (χ0) is 11.3. The summed E-state index contributed by atoms with van der Waals surface area (Å²) < 4.78 is 5.05. The van der Waals surface area contributed by atoms with E-state index < -0.39 is 0 Å². The summed E-state index contributed by atoms with van der Waals surface area (Å²) in [4.78, 5) is 15.4. The van der Waals surface area contributed by atoms with Crippen molar-refractivity contribution in [3.05, 3.63) is 0 Å². The molecule has 0 bridgehead atoms. The minimum atomic E-state index is -0.0725. The summed E-state index contributed by atoms with van der Waals surface area (Å²) in [5.74, 6) is 0.214. The number of ether oxygens (including phenoxy) is 1. The molecular weight excluding hydrogens is 196 g/mol. The van der Waals surface area contributed by atoms with Crippen LogP contribution >= 0.6 is 0 Å². The van der Waals surface area contributed by atoms with Crippen LogP contribution in [-0.4, -0.2) is 27.7 Å². The van der Waals surface area contributed by atoms with Gasteiger partial charge in [-0.15, -0.1) is 5.10 Å². The number of nitrogens with zero attached hydrogens (tertiary/aromatic N) is 2. The van der Waals surface area contributed by atoms with Crippen molar-refractivity contribution in [3.8, 4) is 6.01 Å². The summed E-state index contributed by atoms with van der Waals surface area (Å²) in [5, 5.41) is 8.98. The highest BCUT2D eigenvalue weighted by molar-refractivity contribution is 5.90. The number of aromatic nitrogens is 3. The maximum absolute atomic E-state index is 11.5. The largest absolute Gasteiger partial charge is 0.463 e. The van der Waals surface area contributed by atoms with Crippen molar-refractivity contribution in [2.45, 2.75) is 27.2 Å². The van der Waals surface area contributed by atoms with Gasteiger partial charge in [-0.05, 0) is 13.3 Å². The average molecular weight is 212 g/mol. The van der Waals surface area contributed by atoms with Gasteiger partial charge in [0.05, 0.1) is 6.61 Å². The molecule has 0 aliphatic carbocycles. The van der Waals surface area contributed by atoms with E-state index in [9.17, 15) is 4.79 Å². The molecule has 2 N–H and O–H groups in total. The van der Waals surface area contributed by atoms with Gasteiger partial charge in [-0.2, -0.15) is 4.98 Å². The van der Waals surface area contributed by atoms with Crippen molar-refractivity contribution in [2.24, 2.45) is 5.92 Å². The molecule has 84 valence electrons. The Kier molecular flexibility index (Phi) is 4.08. The number of aromatic amines is 1. The lowest BCUT2D eigenvalue weighted by Crippen LogP contribution is -2.20. The zero-order valence-corrected chi connectivity index (χ0v) is 9.20. The Morgan fingerprint density at radius 3 is 2.93 bits per heavy atom. The van der Waals surface area contributed by atoms with Gasteiger partial charge in [-0.25, -0.2) is 5.10 Å². The predicted octanol–water partition coefficient (Wildman–Crippen LogP) is 1.19. The van der Waals surface area contributed by atoms with Crippen LogP contribution in [0.2, 0.25) is 0 Å². The molecule has 6 heteroatoms. The molecule has 0 aliphatic heterocycles. The maximum Gasteiger partial charge on any atom is 0.337 e. The minimum absolute atomic E-state index is 0.0364. The van der Waals surface area contributed by atoms with Gasteiger partial charge in [0, 0.05) is 5.92 Å². The second kappa shape index (κ2) is 5.33. The topological polar surface area (TPSA) is 79.9 Å². The molecule has 0 saturated heterocycles. The maximum atomic E-state index is 11.5. The molecular formula is C9H16N4O2. The summed E-state index contributed by atoms with van der Waals surface area (Å²) >= 11 is 0. The monoisotopic (exact) mass is 212 g/mol. The predicted molar refractivity (Wildman–Crippen MR) is 55.6 cm³/mol. The molecule has 1 unspecified atom stereocenters. The van der Waals surface area contributed by atoms with Crippen LogP contribution in [0.3, 0.4) is 0 Å². The first-order valence-electron chi connectivity index (χ1n) is 5.03. The molecule has 1 aromatic heterocycles. The van der Waals surface area contributed by atoms with Crippen molar-refractivity contribution in [1.29, 1.82) is 0 Å². The molecule has 1 atom stereocenters. The standard InChI is InChI=1S/C9H16N4O2/c1-4-6(3)7(14)10-8-11-9(13-12-8)15-5-2/h6H,4-5H2,1-3H3,(H2,10,11,12,13,14). The number of carbonyl (C=O) groups is 1. The third-order valence-corrected chi connectivity index (χ3v) is 2.04. The first kappa shape index (κ1) is 11.5. The van der Waals surface area contributed by atoms with Gasteiger partial charge in [-0.3, -0.25) is 10.1 Å². The van der Waals surface area contributed by atoms with Crippen molar-refractivity contribution in [3.63, 3.8) is 0 Å². The van der Waals surface area contributed by atoms with Gasteiger partial charge in [0.1, 0.15) is 0 Å². The van der Waals surface area contributed by atoms with Crippen LogP contribution in [0.1, 0.15) is 27.2 Å². The van der Waals surface area contributed by atoms with Gasteiger partial charge < -0.3 is 4.74 Å². The number of H-pyrrole nitrogens is 1. The van der Waals surface area contributed by atoms with Crippen LogP contribution in [0.25, 0.3) is 0 Å². The Labute approximate surface area is 88.4 Å². The lowest BCUT2D eigenvalue weighted by Gasteiger charge is -2.06. The molecule has 0 saturated carbocycles. The van der Waals surface area contributed by atoms with Gasteiger partial charge in [0.15, 0.2) is 0 Å². The highest BCUT2D eigenvalue weighted by Crippen LogP contribution is 2.08. The Balaban J connectivity index is 2.53. The van der Waals surface area contributed by atoms with Crippen LogP contribution in [0.15, 0.2) is 0 Å². The number of hydrogen-bond donors (Lipinski definition) is 2. The van der Waals surface area contributed by atoms with E-state index in [1.165, 1.54) is 0 Å². The summed E-state index contributed by atoms with van der Waals surface area (Å²) in [7, 11) is 0. The second-order valence-corrected chi connectivity index (χ2v) is 3.20. The summed E-state index contributed by atoms with van der Waals surface area (Å²) in [6, 6.07) is 0.247. The Hall–Kier alpha value is -1.59. The molecule has 0 aromatic carbocycles. The molecule has 0 radical (unpaired) electrons. The Bertz CT molecular complexity index is 324. The van der Waals surface area contributed by atoms with Crippen molar-refractivity contribution in [1.82, 2.24) is 15.2 Å². The van der Waals surface area contributed by atoms with Gasteiger partial charge in [-0.1, -0.05) is 13.8 Å². The van der Waals surface area contributed by atoms with Gasteiger partial charge in [0.2, 0.25) is 11.9 Å². The number of nitrogens with one attached hydrogen (secondary N) is 2. The lowest BCUT2D eigenvalue weighted by atomic mass is 10.1. The van der Waals surface area contributed by atoms with E-state index >= 15 is 0 Å². The molecule has 0 fully saturated rings. The number of hydrogen-bond acceptors (Lipinski definition) is 4. The molecule has 0 aliphatic rings. The molecule has 1 amide bonds. The van der Waals surface area contributed by atoms with Crippen LogP contribution < -0.4 is 10.1 Å². The summed E-state index contributed by atoms with van der Waals surface area (Å²) in [6.07, 6.45) is 0.790. The highest BCUT2D eigenvalue weighted by Gasteiger charge is 2.12. The van der Waals surface area contributed by atoms with E-state index in [0.717, 1.165) is 6.42 Å². The fourth-order valence-corrected chi connectivity index (χ4v) is 0.921. The molecule has 15 heavy (non-hydrogen) atoms. The van der Waals surface area contributed by atoms with Crippen LogP contribution in [0.5, 0.6) is 6.01 Å². The smallest absolute Gasteiger partial charge is 0.337 e. The number of carbonyl (C=O) groups excluding carboxylic acids is 1. The number of anilines is 1. The molecule has 1 aromatic rings. The highest BCUT2D eigenvalue weighted by atomic mass is 16.5. The fourth-order valence-electron chi connectivity index (χ4n) is 0.921. The normalized spacial score (nSPS) is 12.2. The third-order valence-electron chi connectivity index (χ3n) is 2.04. The first-order valence-corrected chi connectivity index (χ1v) is 5.03. The van der Waals surface area contributed by atoms with E-state index in [-0.39, 0.29) is 17.8 Å². The van der Waals surface area contributed by atoms with Gasteiger partial charge >= 0.3 is 6.01 Å². The summed E-state index contributed by atoms with van der Waals surface area (Å²) in [5.41, 5.74) is 0.